The second-order valence-electron chi connectivity index (χ2n) is 3.91. The van der Waals surface area contributed by atoms with Crippen LogP contribution in [0.25, 0.3) is 0 Å². The standard InChI is InChI=1S/C14H13BrN2OS/c1-18-11-5-3-10(4-6-11)17-13-7-2-9(14(16)19)8-12(13)15/h2-8,17H,1H3,(H2,16,19). The van der Waals surface area contributed by atoms with E-state index in [-0.39, 0.29) is 0 Å². The van der Waals surface area contributed by atoms with Gasteiger partial charge in [-0.3, -0.25) is 0 Å². The summed E-state index contributed by atoms with van der Waals surface area (Å²) in [7, 11) is 1.65. The van der Waals surface area contributed by atoms with Crippen molar-refractivity contribution < 1.29 is 4.74 Å². The van der Waals surface area contributed by atoms with E-state index >= 15 is 0 Å². The Morgan fingerprint density at radius 2 is 1.89 bits per heavy atom. The highest BCUT2D eigenvalue weighted by Crippen LogP contribution is 2.27. The third-order valence-electron chi connectivity index (χ3n) is 2.62. The highest BCUT2D eigenvalue weighted by molar-refractivity contribution is 9.10. The molecule has 0 aliphatic carbocycles. The van der Waals surface area contributed by atoms with E-state index in [1.54, 1.807) is 7.11 Å². The van der Waals surface area contributed by atoms with Gasteiger partial charge < -0.3 is 15.8 Å². The van der Waals surface area contributed by atoms with Gasteiger partial charge in [0.05, 0.1) is 12.8 Å². The van der Waals surface area contributed by atoms with E-state index in [0.717, 1.165) is 27.2 Å². The summed E-state index contributed by atoms with van der Waals surface area (Å²) in [5.74, 6) is 0.827. The van der Waals surface area contributed by atoms with E-state index in [1.165, 1.54) is 0 Å². The number of halogens is 1. The Balaban J connectivity index is 2.20. The average Bonchev–Trinajstić information content (AvgIpc) is 2.41. The maximum absolute atomic E-state index is 5.59. The third-order valence-corrected chi connectivity index (χ3v) is 3.51. The smallest absolute Gasteiger partial charge is 0.119 e. The Kier molecular flexibility index (Phi) is 4.39. The van der Waals surface area contributed by atoms with Gasteiger partial charge in [0.2, 0.25) is 0 Å². The largest absolute Gasteiger partial charge is 0.497 e. The van der Waals surface area contributed by atoms with Crippen LogP contribution in [0.2, 0.25) is 0 Å². The minimum absolute atomic E-state index is 0.386. The lowest BCUT2D eigenvalue weighted by atomic mass is 10.2. The number of ether oxygens (including phenoxy) is 1. The molecule has 0 aliphatic heterocycles. The molecule has 0 saturated carbocycles. The van der Waals surface area contributed by atoms with Crippen molar-refractivity contribution in [1.82, 2.24) is 0 Å². The predicted octanol–water partition coefficient (Wildman–Crippen LogP) is 3.84. The minimum Gasteiger partial charge on any atom is -0.497 e. The molecule has 0 heterocycles. The molecule has 5 heteroatoms. The zero-order chi connectivity index (χ0) is 13.8. The van der Waals surface area contributed by atoms with Crippen molar-refractivity contribution in [1.29, 1.82) is 0 Å². The molecule has 3 nitrogen and oxygen atoms in total. The van der Waals surface area contributed by atoms with Crippen LogP contribution in [0.4, 0.5) is 11.4 Å². The summed E-state index contributed by atoms with van der Waals surface area (Å²) < 4.78 is 6.03. The van der Waals surface area contributed by atoms with Crippen LogP contribution < -0.4 is 15.8 Å². The topological polar surface area (TPSA) is 47.3 Å². The molecule has 0 saturated heterocycles. The molecule has 0 aromatic heterocycles. The van der Waals surface area contributed by atoms with Gasteiger partial charge in [-0.15, -0.1) is 0 Å². The number of thiocarbonyl (C=S) groups is 1. The molecular weight excluding hydrogens is 324 g/mol. The number of nitrogens with two attached hydrogens (primary N) is 1. The minimum atomic E-state index is 0.386. The number of rotatable bonds is 4. The van der Waals surface area contributed by atoms with E-state index in [1.807, 2.05) is 42.5 Å². The van der Waals surface area contributed by atoms with Gasteiger partial charge >= 0.3 is 0 Å². The highest BCUT2D eigenvalue weighted by Gasteiger charge is 2.04. The van der Waals surface area contributed by atoms with Gasteiger partial charge in [-0.05, 0) is 58.4 Å². The van der Waals surface area contributed by atoms with Gasteiger partial charge in [0.1, 0.15) is 10.7 Å². The van der Waals surface area contributed by atoms with Gasteiger partial charge in [-0.2, -0.15) is 0 Å². The van der Waals surface area contributed by atoms with Crippen molar-refractivity contribution in [2.45, 2.75) is 0 Å². The molecule has 3 N–H and O–H groups in total. The fraction of sp³-hybridized carbons (Fsp3) is 0.0714. The second-order valence-corrected chi connectivity index (χ2v) is 5.21. The first-order valence-corrected chi connectivity index (χ1v) is 6.80. The van der Waals surface area contributed by atoms with E-state index in [0.29, 0.717) is 4.99 Å². The van der Waals surface area contributed by atoms with Gasteiger partial charge in [0, 0.05) is 15.7 Å². The summed E-state index contributed by atoms with van der Waals surface area (Å²) in [6.07, 6.45) is 0. The lowest BCUT2D eigenvalue weighted by Gasteiger charge is -2.10. The third kappa shape index (κ3) is 3.45. The fourth-order valence-electron chi connectivity index (χ4n) is 1.60. The van der Waals surface area contributed by atoms with Crippen molar-refractivity contribution in [3.05, 3.63) is 52.5 Å². The van der Waals surface area contributed by atoms with E-state index < -0.39 is 0 Å². The summed E-state index contributed by atoms with van der Waals surface area (Å²) in [5.41, 5.74) is 8.35. The van der Waals surface area contributed by atoms with Gasteiger partial charge in [0.25, 0.3) is 0 Å². The molecule has 98 valence electrons. The molecule has 0 atom stereocenters. The highest BCUT2D eigenvalue weighted by atomic mass is 79.9. The predicted molar refractivity (Wildman–Crippen MR) is 86.3 cm³/mol. The fourth-order valence-corrected chi connectivity index (χ4v) is 2.20. The second kappa shape index (κ2) is 6.04. The van der Waals surface area contributed by atoms with Crippen molar-refractivity contribution in [3.63, 3.8) is 0 Å². The molecule has 19 heavy (non-hydrogen) atoms. The van der Waals surface area contributed by atoms with Crippen LogP contribution in [0.3, 0.4) is 0 Å². The average molecular weight is 337 g/mol. The monoisotopic (exact) mass is 336 g/mol. The normalized spacial score (nSPS) is 10.0. The van der Waals surface area contributed by atoms with Gasteiger partial charge in [-0.25, -0.2) is 0 Å². The molecular formula is C14H13BrN2OS. The van der Waals surface area contributed by atoms with Crippen LogP contribution in [0, 0.1) is 0 Å². The SMILES string of the molecule is COc1ccc(Nc2ccc(C(N)=S)cc2Br)cc1. The molecule has 0 amide bonds. The van der Waals surface area contributed by atoms with Crippen molar-refractivity contribution in [2.75, 3.05) is 12.4 Å². The molecule has 2 aromatic rings. The van der Waals surface area contributed by atoms with Crippen LogP contribution in [0.5, 0.6) is 5.75 Å². The molecule has 0 unspecified atom stereocenters. The number of hydrogen-bond donors (Lipinski definition) is 2. The lowest BCUT2D eigenvalue weighted by Crippen LogP contribution is -2.09. The Labute approximate surface area is 125 Å². The maximum atomic E-state index is 5.59. The number of hydrogen-bond acceptors (Lipinski definition) is 3. The Hall–Kier alpha value is -1.59. The molecule has 0 bridgehead atoms. The van der Waals surface area contributed by atoms with Gasteiger partial charge in [-0.1, -0.05) is 12.2 Å². The summed E-state index contributed by atoms with van der Waals surface area (Å²) in [6, 6.07) is 13.4. The first-order valence-electron chi connectivity index (χ1n) is 5.60. The van der Waals surface area contributed by atoms with Gasteiger partial charge in [0.15, 0.2) is 0 Å². The van der Waals surface area contributed by atoms with Crippen molar-refractivity contribution >= 4 is 44.5 Å². The molecule has 2 rings (SSSR count). The summed E-state index contributed by atoms with van der Waals surface area (Å²) in [4.78, 5) is 0.386. The van der Waals surface area contributed by atoms with Crippen molar-refractivity contribution in [3.8, 4) is 5.75 Å². The number of nitrogens with one attached hydrogen (secondary N) is 1. The Morgan fingerprint density at radius 3 is 2.42 bits per heavy atom. The molecule has 2 aromatic carbocycles. The van der Waals surface area contributed by atoms with E-state index in [2.05, 4.69) is 21.2 Å². The Bertz CT molecular complexity index is 599. The molecule has 0 spiro atoms. The molecule has 0 aliphatic rings. The quantitative estimate of drug-likeness (QED) is 0.833. The maximum Gasteiger partial charge on any atom is 0.119 e. The summed E-state index contributed by atoms with van der Waals surface area (Å²) in [6.45, 7) is 0. The number of anilines is 2. The van der Waals surface area contributed by atoms with Crippen LogP contribution in [-0.4, -0.2) is 12.1 Å². The number of benzene rings is 2. The Morgan fingerprint density at radius 1 is 1.21 bits per heavy atom. The molecule has 0 fully saturated rings. The van der Waals surface area contributed by atoms with E-state index in [9.17, 15) is 0 Å². The first kappa shape index (κ1) is 13.8. The van der Waals surface area contributed by atoms with Crippen LogP contribution in [0.1, 0.15) is 5.56 Å². The lowest BCUT2D eigenvalue weighted by molar-refractivity contribution is 0.415. The summed E-state index contributed by atoms with van der Waals surface area (Å²) in [5, 5.41) is 3.30. The van der Waals surface area contributed by atoms with Crippen molar-refractivity contribution in [2.24, 2.45) is 5.73 Å². The van der Waals surface area contributed by atoms with Crippen LogP contribution in [0.15, 0.2) is 46.9 Å². The summed E-state index contributed by atoms with van der Waals surface area (Å²) >= 11 is 8.44. The first-order chi connectivity index (χ1) is 9.10. The number of methoxy groups -OCH3 is 1. The van der Waals surface area contributed by atoms with E-state index in [4.69, 9.17) is 22.7 Å². The zero-order valence-corrected chi connectivity index (χ0v) is 12.7. The van der Waals surface area contributed by atoms with Crippen LogP contribution >= 0.6 is 28.1 Å². The van der Waals surface area contributed by atoms with Crippen LogP contribution in [-0.2, 0) is 0 Å². The molecule has 0 radical (unpaired) electrons. The zero-order valence-electron chi connectivity index (χ0n) is 10.3.